The molecule has 2 aliphatic heterocycles. The van der Waals surface area contributed by atoms with Gasteiger partial charge in [0.2, 0.25) is 17.7 Å². The highest BCUT2D eigenvalue weighted by Gasteiger charge is 2.29. The van der Waals surface area contributed by atoms with E-state index in [-0.39, 0.29) is 21.2 Å². The van der Waals surface area contributed by atoms with E-state index in [1.165, 1.54) is 17.4 Å². The molecule has 1 atom stereocenters. The minimum absolute atomic E-state index is 0.00817. The molecule has 1 unspecified atom stereocenters. The molecule has 4 rings (SSSR count). The van der Waals surface area contributed by atoms with Gasteiger partial charge in [0, 0.05) is 25.6 Å². The standard InChI is InChI=1S/C25H34IN5O3S2/c1-4-21(32)31-9-5-6-17(15-31)14-30-10-7-18(8-11-30)23(33)29-24-28-13-22(36-24)35-16-20-27-12-19(34-20)25(2,3)26/h4,12-13,17-18H,1,5-11,14-16H2,2-3H3,(H,28,29,33). The monoisotopic (exact) mass is 643 g/mol. The maximum atomic E-state index is 12.9. The van der Waals surface area contributed by atoms with E-state index in [4.69, 9.17) is 4.42 Å². The molecule has 4 heterocycles. The number of hydrogen-bond donors (Lipinski definition) is 1. The van der Waals surface area contributed by atoms with Gasteiger partial charge in [0.15, 0.2) is 5.13 Å². The quantitative estimate of drug-likeness (QED) is 0.175. The summed E-state index contributed by atoms with van der Waals surface area (Å²) in [5, 5.41) is 3.66. The predicted molar refractivity (Wildman–Crippen MR) is 153 cm³/mol. The van der Waals surface area contributed by atoms with Crippen molar-refractivity contribution in [3.05, 3.63) is 36.7 Å². The molecule has 1 N–H and O–H groups in total. The Hall–Kier alpha value is -1.44. The van der Waals surface area contributed by atoms with Crippen molar-refractivity contribution in [2.45, 2.75) is 52.9 Å². The maximum Gasteiger partial charge on any atom is 0.245 e. The Morgan fingerprint density at radius 2 is 2.06 bits per heavy atom. The van der Waals surface area contributed by atoms with Gasteiger partial charge in [0.1, 0.15) is 5.76 Å². The van der Waals surface area contributed by atoms with E-state index in [1.807, 2.05) is 4.90 Å². The summed E-state index contributed by atoms with van der Waals surface area (Å²) in [4.78, 5) is 37.9. The number of hydrogen-bond acceptors (Lipinski definition) is 8. The number of halogens is 1. The molecular formula is C25H34IN5O3S2. The molecule has 2 amide bonds. The SMILES string of the molecule is C=CC(=O)N1CCCC(CN2CCC(C(=O)Nc3ncc(SCc4ncc(C(C)(C)I)o4)s3)CC2)C1. The minimum Gasteiger partial charge on any atom is -0.443 e. The lowest BCUT2D eigenvalue weighted by Crippen LogP contribution is -2.45. The number of nitrogens with one attached hydrogen (secondary N) is 1. The number of thiazole rings is 1. The van der Waals surface area contributed by atoms with Crippen LogP contribution in [0.25, 0.3) is 0 Å². The highest BCUT2D eigenvalue weighted by molar-refractivity contribution is 14.1. The van der Waals surface area contributed by atoms with Crippen LogP contribution in [0.15, 0.2) is 33.7 Å². The van der Waals surface area contributed by atoms with E-state index in [0.717, 1.165) is 68.4 Å². The van der Waals surface area contributed by atoms with Gasteiger partial charge in [-0.15, -0.1) is 11.8 Å². The van der Waals surface area contributed by atoms with Gasteiger partial charge in [-0.25, -0.2) is 9.97 Å². The smallest absolute Gasteiger partial charge is 0.245 e. The molecule has 36 heavy (non-hydrogen) atoms. The Morgan fingerprint density at radius 3 is 2.75 bits per heavy atom. The molecule has 2 aliphatic rings. The Balaban J connectivity index is 1.19. The predicted octanol–water partition coefficient (Wildman–Crippen LogP) is 5.17. The van der Waals surface area contributed by atoms with Gasteiger partial charge < -0.3 is 19.5 Å². The van der Waals surface area contributed by atoms with Crippen LogP contribution in [-0.4, -0.2) is 64.3 Å². The average molecular weight is 644 g/mol. The Kier molecular flexibility index (Phi) is 9.51. The number of anilines is 1. The largest absolute Gasteiger partial charge is 0.443 e. The van der Waals surface area contributed by atoms with Crippen LogP contribution < -0.4 is 5.32 Å². The van der Waals surface area contributed by atoms with Crippen molar-refractivity contribution in [1.29, 1.82) is 0 Å². The van der Waals surface area contributed by atoms with Crippen LogP contribution in [0.5, 0.6) is 0 Å². The summed E-state index contributed by atoms with van der Waals surface area (Å²) < 4.78 is 6.78. The third kappa shape index (κ3) is 7.55. The first-order valence-electron chi connectivity index (χ1n) is 12.4. The fraction of sp³-hybridized carbons (Fsp3) is 0.600. The van der Waals surface area contributed by atoms with Crippen LogP contribution in [0.2, 0.25) is 0 Å². The number of thioether (sulfide) groups is 1. The number of carbonyl (C=O) groups is 2. The van der Waals surface area contributed by atoms with Gasteiger partial charge in [-0.1, -0.05) is 40.5 Å². The van der Waals surface area contributed by atoms with Crippen LogP contribution in [0.3, 0.4) is 0 Å². The molecule has 2 fully saturated rings. The van der Waals surface area contributed by atoms with Crippen LogP contribution in [0.1, 0.15) is 51.2 Å². The fourth-order valence-corrected chi connectivity index (χ4v) is 6.64. The Bertz CT molecular complexity index is 1060. The zero-order valence-corrected chi connectivity index (χ0v) is 24.7. The molecule has 0 aliphatic carbocycles. The normalized spacial score (nSPS) is 19.9. The van der Waals surface area contributed by atoms with E-state index in [1.54, 1.807) is 24.2 Å². The van der Waals surface area contributed by atoms with Gasteiger partial charge in [-0.3, -0.25) is 9.59 Å². The summed E-state index contributed by atoms with van der Waals surface area (Å²) in [5.74, 6) is 2.78. The van der Waals surface area contributed by atoms with E-state index in [9.17, 15) is 9.59 Å². The lowest BCUT2D eigenvalue weighted by atomic mass is 9.93. The third-order valence-electron chi connectivity index (χ3n) is 6.67. The van der Waals surface area contributed by atoms with E-state index in [0.29, 0.717) is 22.7 Å². The first-order valence-corrected chi connectivity index (χ1v) is 15.3. The first-order chi connectivity index (χ1) is 17.2. The highest BCUT2D eigenvalue weighted by atomic mass is 127. The van der Waals surface area contributed by atoms with Crippen LogP contribution in [0.4, 0.5) is 5.13 Å². The number of carbonyl (C=O) groups excluding carboxylic acids is 2. The van der Waals surface area contributed by atoms with Crippen LogP contribution in [-0.2, 0) is 18.8 Å². The second-order valence-electron chi connectivity index (χ2n) is 9.92. The molecule has 8 nitrogen and oxygen atoms in total. The summed E-state index contributed by atoms with van der Waals surface area (Å²) in [7, 11) is 0. The number of nitrogens with zero attached hydrogens (tertiary/aromatic N) is 4. The van der Waals surface area contributed by atoms with E-state index >= 15 is 0 Å². The molecule has 0 spiro atoms. The highest BCUT2D eigenvalue weighted by Crippen LogP contribution is 2.34. The zero-order chi connectivity index (χ0) is 25.7. The summed E-state index contributed by atoms with van der Waals surface area (Å²) in [6.07, 6.45) is 8.89. The molecule has 196 valence electrons. The molecule has 0 radical (unpaired) electrons. The van der Waals surface area contributed by atoms with Crippen molar-refractivity contribution in [2.75, 3.05) is 38.0 Å². The van der Waals surface area contributed by atoms with Gasteiger partial charge in [0.05, 0.1) is 25.8 Å². The molecule has 2 aromatic rings. The van der Waals surface area contributed by atoms with Crippen LogP contribution >= 0.6 is 45.7 Å². The number of aromatic nitrogens is 2. The molecule has 0 bridgehead atoms. The number of alkyl halides is 1. The molecule has 11 heteroatoms. The van der Waals surface area contributed by atoms with Gasteiger partial charge in [0.25, 0.3) is 0 Å². The number of piperidine rings is 2. The Labute approximate surface area is 234 Å². The zero-order valence-electron chi connectivity index (χ0n) is 20.9. The van der Waals surface area contributed by atoms with Crippen molar-refractivity contribution in [2.24, 2.45) is 11.8 Å². The molecule has 2 aromatic heterocycles. The maximum absolute atomic E-state index is 12.9. The Morgan fingerprint density at radius 1 is 1.28 bits per heavy atom. The summed E-state index contributed by atoms with van der Waals surface area (Å²) >= 11 is 5.43. The molecule has 0 saturated carbocycles. The number of amides is 2. The average Bonchev–Trinajstić information content (AvgIpc) is 3.52. The van der Waals surface area contributed by atoms with Crippen LogP contribution in [0, 0.1) is 11.8 Å². The van der Waals surface area contributed by atoms with Gasteiger partial charge in [-0.05, 0) is 64.6 Å². The van der Waals surface area contributed by atoms with Crippen molar-refractivity contribution < 1.29 is 14.0 Å². The number of rotatable bonds is 9. The summed E-state index contributed by atoms with van der Waals surface area (Å²) in [6, 6.07) is 0. The topological polar surface area (TPSA) is 91.6 Å². The summed E-state index contributed by atoms with van der Waals surface area (Å²) in [6.45, 7) is 12.2. The fourth-order valence-electron chi connectivity index (χ4n) is 4.66. The summed E-state index contributed by atoms with van der Waals surface area (Å²) in [5.41, 5.74) is 0. The van der Waals surface area contributed by atoms with Crippen molar-refractivity contribution >= 4 is 62.6 Å². The third-order valence-corrected chi connectivity index (χ3v) is 9.30. The number of likely N-dealkylation sites (tertiary alicyclic amines) is 2. The van der Waals surface area contributed by atoms with Gasteiger partial charge in [-0.2, -0.15) is 0 Å². The second-order valence-corrected chi connectivity index (χ2v) is 14.9. The van der Waals surface area contributed by atoms with Crippen molar-refractivity contribution in [3.8, 4) is 0 Å². The van der Waals surface area contributed by atoms with E-state index in [2.05, 4.69) is 63.2 Å². The number of oxazole rings is 1. The first kappa shape index (κ1) is 27.6. The lowest BCUT2D eigenvalue weighted by molar-refractivity contribution is -0.128. The molecule has 0 aromatic carbocycles. The minimum atomic E-state index is -0.0886. The second kappa shape index (κ2) is 12.4. The molecular weight excluding hydrogens is 609 g/mol. The molecule has 2 saturated heterocycles. The van der Waals surface area contributed by atoms with E-state index < -0.39 is 0 Å². The van der Waals surface area contributed by atoms with Gasteiger partial charge >= 0.3 is 0 Å². The van der Waals surface area contributed by atoms with Crippen molar-refractivity contribution in [1.82, 2.24) is 19.8 Å². The van der Waals surface area contributed by atoms with Crippen molar-refractivity contribution in [3.63, 3.8) is 0 Å². The lowest BCUT2D eigenvalue weighted by Gasteiger charge is -2.37.